The van der Waals surface area contributed by atoms with E-state index in [2.05, 4.69) is 5.32 Å². The van der Waals surface area contributed by atoms with Crippen LogP contribution in [0.15, 0.2) is 11.6 Å². The Morgan fingerprint density at radius 1 is 1.26 bits per heavy atom. The molecule has 1 amide bonds. The van der Waals surface area contributed by atoms with Gasteiger partial charge >= 0.3 is 11.9 Å². The maximum Gasteiger partial charge on any atom is 0.326 e. The van der Waals surface area contributed by atoms with Crippen molar-refractivity contribution in [3.8, 4) is 0 Å². The Morgan fingerprint density at radius 2 is 1.89 bits per heavy atom. The van der Waals surface area contributed by atoms with Crippen molar-refractivity contribution < 1.29 is 24.6 Å². The molecule has 6 nitrogen and oxygen atoms in total. The number of aliphatic carboxylic acids is 2. The highest BCUT2D eigenvalue weighted by molar-refractivity contribution is 5.95. The van der Waals surface area contributed by atoms with Crippen LogP contribution in [-0.4, -0.2) is 34.1 Å². The first kappa shape index (κ1) is 17.2. The average molecular weight is 271 g/mol. The third kappa shape index (κ3) is 7.96. The number of carbonyl (C=O) groups is 3. The van der Waals surface area contributed by atoms with Gasteiger partial charge in [-0.3, -0.25) is 9.59 Å². The summed E-state index contributed by atoms with van der Waals surface area (Å²) in [5.41, 5.74) is 0.454. The molecule has 0 aliphatic rings. The Morgan fingerprint density at radius 3 is 2.37 bits per heavy atom. The van der Waals surface area contributed by atoms with Crippen molar-refractivity contribution in [1.29, 1.82) is 0 Å². The van der Waals surface area contributed by atoms with Crippen LogP contribution in [0.5, 0.6) is 0 Å². The molecule has 0 saturated carbocycles. The van der Waals surface area contributed by atoms with Gasteiger partial charge in [0.1, 0.15) is 6.04 Å². The minimum absolute atomic E-state index is 0.126. The Bertz CT molecular complexity index is 362. The molecule has 0 unspecified atom stereocenters. The summed E-state index contributed by atoms with van der Waals surface area (Å²) < 4.78 is 0. The van der Waals surface area contributed by atoms with Gasteiger partial charge < -0.3 is 15.5 Å². The van der Waals surface area contributed by atoms with E-state index in [9.17, 15) is 14.4 Å². The predicted molar refractivity (Wildman–Crippen MR) is 69.7 cm³/mol. The highest BCUT2D eigenvalue weighted by Crippen LogP contribution is 2.04. The second-order valence-corrected chi connectivity index (χ2v) is 4.33. The highest BCUT2D eigenvalue weighted by Gasteiger charge is 2.21. The van der Waals surface area contributed by atoms with Crippen molar-refractivity contribution in [2.75, 3.05) is 0 Å². The maximum absolute atomic E-state index is 11.7. The van der Waals surface area contributed by atoms with Crippen molar-refractivity contribution >= 4 is 17.8 Å². The minimum atomic E-state index is -1.23. The molecular formula is C13H21NO5. The van der Waals surface area contributed by atoms with Crippen LogP contribution in [-0.2, 0) is 14.4 Å². The maximum atomic E-state index is 11.7. The van der Waals surface area contributed by atoms with Gasteiger partial charge in [-0.05, 0) is 19.8 Å². The number of nitrogens with one attached hydrogen (secondary N) is 1. The zero-order chi connectivity index (χ0) is 14.8. The fraction of sp³-hybridized carbons (Fsp3) is 0.615. The topological polar surface area (TPSA) is 104 Å². The van der Waals surface area contributed by atoms with Crippen molar-refractivity contribution in [2.24, 2.45) is 0 Å². The van der Waals surface area contributed by atoms with Crippen LogP contribution in [0.4, 0.5) is 0 Å². The van der Waals surface area contributed by atoms with Gasteiger partial charge in [-0.2, -0.15) is 0 Å². The molecule has 0 spiro atoms. The van der Waals surface area contributed by atoms with Crippen molar-refractivity contribution in [3.05, 3.63) is 11.6 Å². The van der Waals surface area contributed by atoms with Crippen LogP contribution in [0, 0.1) is 0 Å². The smallest absolute Gasteiger partial charge is 0.326 e. The molecule has 19 heavy (non-hydrogen) atoms. The minimum Gasteiger partial charge on any atom is -0.481 e. The number of hydrogen-bond acceptors (Lipinski definition) is 3. The van der Waals surface area contributed by atoms with Crippen molar-refractivity contribution in [3.63, 3.8) is 0 Å². The first-order chi connectivity index (χ1) is 8.88. The summed E-state index contributed by atoms with van der Waals surface area (Å²) in [5, 5.41) is 19.7. The lowest BCUT2D eigenvalue weighted by molar-refractivity contribution is -0.142. The summed E-state index contributed by atoms with van der Waals surface area (Å²) in [4.78, 5) is 33.0. The van der Waals surface area contributed by atoms with Crippen LogP contribution in [0.3, 0.4) is 0 Å². The molecular weight excluding hydrogens is 250 g/mol. The van der Waals surface area contributed by atoms with Gasteiger partial charge in [-0.25, -0.2) is 4.79 Å². The van der Waals surface area contributed by atoms with E-state index in [1.54, 1.807) is 13.0 Å². The molecule has 6 heteroatoms. The zero-order valence-corrected chi connectivity index (χ0v) is 11.3. The largest absolute Gasteiger partial charge is 0.481 e. The molecule has 0 heterocycles. The van der Waals surface area contributed by atoms with E-state index in [4.69, 9.17) is 10.2 Å². The summed E-state index contributed by atoms with van der Waals surface area (Å²) in [6.45, 7) is 3.65. The molecule has 0 aromatic rings. The molecule has 0 aromatic carbocycles. The molecule has 0 radical (unpaired) electrons. The fourth-order valence-electron chi connectivity index (χ4n) is 1.41. The van der Waals surface area contributed by atoms with Gasteiger partial charge in [0.15, 0.2) is 0 Å². The SMILES string of the molecule is CCCCC=C(C)C(=O)N[C@@H](CCC(=O)O)C(=O)O. The number of carboxylic acid groups (broad SMARTS) is 2. The number of unbranched alkanes of at least 4 members (excludes halogenated alkanes) is 2. The first-order valence-electron chi connectivity index (χ1n) is 6.30. The lowest BCUT2D eigenvalue weighted by Gasteiger charge is -2.13. The van der Waals surface area contributed by atoms with Crippen LogP contribution in [0.25, 0.3) is 0 Å². The normalized spacial score (nSPS) is 12.8. The number of carboxylic acids is 2. The van der Waals surface area contributed by atoms with E-state index >= 15 is 0 Å². The highest BCUT2D eigenvalue weighted by atomic mass is 16.4. The van der Waals surface area contributed by atoms with Gasteiger partial charge in [0, 0.05) is 12.0 Å². The Hall–Kier alpha value is -1.85. The molecule has 0 bridgehead atoms. The second kappa shape index (κ2) is 9.13. The second-order valence-electron chi connectivity index (χ2n) is 4.33. The Balaban J connectivity index is 4.41. The monoisotopic (exact) mass is 271 g/mol. The summed E-state index contributed by atoms with van der Waals surface area (Å²) in [5.74, 6) is -2.78. The van der Waals surface area contributed by atoms with E-state index in [1.807, 2.05) is 6.92 Å². The summed E-state index contributed by atoms with van der Waals surface area (Å²) in [7, 11) is 0. The molecule has 0 fully saturated rings. The van der Waals surface area contributed by atoms with E-state index < -0.39 is 23.9 Å². The Kier molecular flexibility index (Phi) is 8.24. The first-order valence-corrected chi connectivity index (χ1v) is 6.30. The van der Waals surface area contributed by atoms with Gasteiger partial charge in [-0.15, -0.1) is 0 Å². The third-order valence-corrected chi connectivity index (χ3v) is 2.62. The molecule has 108 valence electrons. The van der Waals surface area contributed by atoms with Crippen LogP contribution in [0.2, 0.25) is 0 Å². The van der Waals surface area contributed by atoms with Crippen LogP contribution < -0.4 is 5.32 Å². The zero-order valence-electron chi connectivity index (χ0n) is 11.3. The fourth-order valence-corrected chi connectivity index (χ4v) is 1.41. The predicted octanol–water partition coefficient (Wildman–Crippen LogP) is 1.56. The average Bonchev–Trinajstić information content (AvgIpc) is 2.33. The van der Waals surface area contributed by atoms with Crippen LogP contribution >= 0.6 is 0 Å². The van der Waals surface area contributed by atoms with Crippen LogP contribution in [0.1, 0.15) is 46.0 Å². The summed E-state index contributed by atoms with van der Waals surface area (Å²) >= 11 is 0. The van der Waals surface area contributed by atoms with Gasteiger partial charge in [-0.1, -0.05) is 25.8 Å². The summed E-state index contributed by atoms with van der Waals surface area (Å²) in [6.07, 6.45) is 4.08. The number of rotatable bonds is 9. The number of allylic oxidation sites excluding steroid dienone is 1. The lowest BCUT2D eigenvalue weighted by atomic mass is 10.1. The standard InChI is InChI=1S/C13H21NO5/c1-3-4-5-6-9(2)12(17)14-10(13(18)19)7-8-11(15)16/h6,10H,3-5,7-8H2,1-2H3,(H,14,17)(H,15,16)(H,18,19)/t10-/m0/s1. The molecule has 0 rings (SSSR count). The summed E-state index contributed by atoms with van der Waals surface area (Å²) in [6, 6.07) is -1.17. The van der Waals surface area contributed by atoms with Gasteiger partial charge in [0.2, 0.25) is 5.91 Å². The van der Waals surface area contributed by atoms with E-state index in [-0.39, 0.29) is 12.8 Å². The molecule has 0 aliphatic heterocycles. The molecule has 3 N–H and O–H groups in total. The molecule has 0 saturated heterocycles. The van der Waals surface area contributed by atoms with E-state index in [0.29, 0.717) is 5.57 Å². The van der Waals surface area contributed by atoms with E-state index in [0.717, 1.165) is 19.3 Å². The lowest BCUT2D eigenvalue weighted by Crippen LogP contribution is -2.41. The number of hydrogen-bond donors (Lipinski definition) is 3. The Labute approximate surface area is 112 Å². The number of amides is 1. The molecule has 1 atom stereocenters. The van der Waals surface area contributed by atoms with Crippen molar-refractivity contribution in [2.45, 2.75) is 52.0 Å². The third-order valence-electron chi connectivity index (χ3n) is 2.62. The molecule has 0 aromatic heterocycles. The molecule has 0 aliphatic carbocycles. The van der Waals surface area contributed by atoms with E-state index in [1.165, 1.54) is 0 Å². The van der Waals surface area contributed by atoms with Gasteiger partial charge in [0.05, 0.1) is 0 Å². The quantitative estimate of drug-likeness (QED) is 0.436. The van der Waals surface area contributed by atoms with Crippen molar-refractivity contribution in [1.82, 2.24) is 5.32 Å². The van der Waals surface area contributed by atoms with Gasteiger partial charge in [0.25, 0.3) is 0 Å². The number of carbonyl (C=O) groups excluding carboxylic acids is 1.